The van der Waals surface area contributed by atoms with Gasteiger partial charge in [0, 0.05) is 13.2 Å². The van der Waals surface area contributed by atoms with Gasteiger partial charge in [-0.3, -0.25) is 0 Å². The molecule has 2 unspecified atom stereocenters. The zero-order valence-corrected chi connectivity index (χ0v) is 16.2. The molecule has 1 aromatic carbocycles. The van der Waals surface area contributed by atoms with E-state index in [9.17, 15) is 0 Å². The van der Waals surface area contributed by atoms with Gasteiger partial charge in [0.15, 0.2) is 0 Å². The summed E-state index contributed by atoms with van der Waals surface area (Å²) in [6, 6.07) is 7.10. The van der Waals surface area contributed by atoms with Gasteiger partial charge in [0.05, 0.1) is 0 Å². The molecule has 2 rings (SSSR count). The maximum atomic E-state index is 5.97. The second-order valence-corrected chi connectivity index (χ2v) is 8.74. The van der Waals surface area contributed by atoms with E-state index < -0.39 is 0 Å². The molecule has 1 aliphatic carbocycles. The largest absolute Gasteiger partial charge is 0.381 e. The highest BCUT2D eigenvalue weighted by atomic mass is 16.5. The van der Waals surface area contributed by atoms with Crippen molar-refractivity contribution in [2.75, 3.05) is 19.8 Å². The molecule has 2 atom stereocenters. The summed E-state index contributed by atoms with van der Waals surface area (Å²) >= 11 is 0. The molecule has 0 aromatic heterocycles. The van der Waals surface area contributed by atoms with Gasteiger partial charge >= 0.3 is 0 Å². The Balaban J connectivity index is 1.87. The summed E-state index contributed by atoms with van der Waals surface area (Å²) in [5.41, 5.74) is 10.9. The first-order valence-corrected chi connectivity index (χ1v) is 9.82. The summed E-state index contributed by atoms with van der Waals surface area (Å²) in [7, 11) is 0. The van der Waals surface area contributed by atoms with E-state index in [4.69, 9.17) is 10.5 Å². The van der Waals surface area contributed by atoms with Gasteiger partial charge < -0.3 is 10.5 Å². The SMILES string of the molecule is CCCC(CN)c1ccc2c(c1)CCC(COCCC(C)(C)C)C2. The second-order valence-electron chi connectivity index (χ2n) is 8.74. The van der Waals surface area contributed by atoms with Gasteiger partial charge in [0.25, 0.3) is 0 Å². The lowest BCUT2D eigenvalue weighted by molar-refractivity contribution is 0.0756. The van der Waals surface area contributed by atoms with Gasteiger partial charge in [-0.2, -0.15) is 0 Å². The van der Waals surface area contributed by atoms with Gasteiger partial charge in [-0.15, -0.1) is 0 Å². The first-order valence-electron chi connectivity index (χ1n) is 9.82. The average Bonchev–Trinajstić information content (AvgIpc) is 2.55. The molecule has 0 bridgehead atoms. The summed E-state index contributed by atoms with van der Waals surface area (Å²) in [6.07, 6.45) is 7.16. The number of benzene rings is 1. The van der Waals surface area contributed by atoms with Crippen molar-refractivity contribution in [2.24, 2.45) is 17.1 Å². The normalized spacial score (nSPS) is 19.1. The number of fused-ring (bicyclic) bond motifs is 1. The van der Waals surface area contributed by atoms with Gasteiger partial charge in [0.2, 0.25) is 0 Å². The minimum Gasteiger partial charge on any atom is -0.381 e. The number of ether oxygens (including phenoxy) is 1. The molecular formula is C22H37NO. The average molecular weight is 332 g/mol. The Kier molecular flexibility index (Phi) is 7.31. The molecule has 0 fully saturated rings. The lowest BCUT2D eigenvalue weighted by Crippen LogP contribution is -2.21. The van der Waals surface area contributed by atoms with Gasteiger partial charge in [0.1, 0.15) is 0 Å². The first-order chi connectivity index (χ1) is 11.4. The lowest BCUT2D eigenvalue weighted by Gasteiger charge is -2.26. The van der Waals surface area contributed by atoms with Crippen molar-refractivity contribution < 1.29 is 4.74 Å². The highest BCUT2D eigenvalue weighted by Gasteiger charge is 2.20. The van der Waals surface area contributed by atoms with Crippen molar-refractivity contribution >= 4 is 0 Å². The maximum absolute atomic E-state index is 5.97. The standard InChI is InChI=1S/C22H37NO/c1-5-6-21(15-23)20-10-9-18-13-17(7-8-19(18)14-20)16-24-12-11-22(2,3)4/h9-10,14,17,21H,5-8,11-13,15-16,23H2,1-4H3. The molecule has 24 heavy (non-hydrogen) atoms. The smallest absolute Gasteiger partial charge is 0.0497 e. The number of nitrogens with two attached hydrogens (primary N) is 1. The van der Waals surface area contributed by atoms with Gasteiger partial charge in [-0.1, -0.05) is 52.3 Å². The molecule has 0 heterocycles. The van der Waals surface area contributed by atoms with Crippen LogP contribution in [0.5, 0.6) is 0 Å². The maximum Gasteiger partial charge on any atom is 0.0497 e. The van der Waals surface area contributed by atoms with Crippen LogP contribution in [0.25, 0.3) is 0 Å². The second kappa shape index (κ2) is 9.01. The van der Waals surface area contributed by atoms with Crippen LogP contribution in [-0.2, 0) is 17.6 Å². The monoisotopic (exact) mass is 331 g/mol. The third kappa shape index (κ3) is 5.89. The quantitative estimate of drug-likeness (QED) is 0.674. The Morgan fingerprint density at radius 1 is 1.25 bits per heavy atom. The van der Waals surface area contributed by atoms with Crippen LogP contribution in [0.4, 0.5) is 0 Å². The van der Waals surface area contributed by atoms with Crippen LogP contribution in [0.3, 0.4) is 0 Å². The molecular weight excluding hydrogens is 294 g/mol. The minimum absolute atomic E-state index is 0.369. The fourth-order valence-corrected chi connectivity index (χ4v) is 3.64. The molecule has 0 aliphatic heterocycles. The van der Waals surface area contributed by atoms with Crippen LogP contribution in [0.2, 0.25) is 0 Å². The molecule has 2 N–H and O–H groups in total. The highest BCUT2D eigenvalue weighted by Crippen LogP contribution is 2.30. The Morgan fingerprint density at radius 2 is 2.04 bits per heavy atom. The van der Waals surface area contributed by atoms with E-state index >= 15 is 0 Å². The van der Waals surface area contributed by atoms with E-state index in [1.165, 1.54) is 43.2 Å². The molecule has 0 radical (unpaired) electrons. The van der Waals surface area contributed by atoms with Gasteiger partial charge in [-0.05, 0) is 72.6 Å². The first kappa shape index (κ1) is 19.5. The molecule has 1 aromatic rings. The molecule has 1 aliphatic rings. The van der Waals surface area contributed by atoms with Crippen LogP contribution < -0.4 is 5.73 Å². The van der Waals surface area contributed by atoms with E-state index in [1.807, 2.05) is 0 Å². The van der Waals surface area contributed by atoms with Crippen LogP contribution in [-0.4, -0.2) is 19.8 Å². The third-order valence-electron chi connectivity index (χ3n) is 5.30. The van der Waals surface area contributed by atoms with E-state index in [0.717, 1.165) is 26.2 Å². The summed E-state index contributed by atoms with van der Waals surface area (Å²) in [5.74, 6) is 1.21. The molecule has 2 nitrogen and oxygen atoms in total. The Labute approximate surface area is 149 Å². The fourth-order valence-electron chi connectivity index (χ4n) is 3.64. The van der Waals surface area contributed by atoms with E-state index in [1.54, 1.807) is 5.56 Å². The predicted molar refractivity (Wildman–Crippen MR) is 104 cm³/mol. The molecule has 0 spiro atoms. The van der Waals surface area contributed by atoms with Crippen LogP contribution in [0.1, 0.15) is 76.0 Å². The number of hydrogen-bond donors (Lipinski definition) is 1. The Hall–Kier alpha value is -0.860. The summed E-state index contributed by atoms with van der Waals surface area (Å²) in [6.45, 7) is 11.6. The number of rotatable bonds is 8. The van der Waals surface area contributed by atoms with Crippen molar-refractivity contribution in [2.45, 2.75) is 72.1 Å². The Bertz CT molecular complexity index is 503. The third-order valence-corrected chi connectivity index (χ3v) is 5.30. The molecule has 0 amide bonds. The highest BCUT2D eigenvalue weighted by molar-refractivity contribution is 5.36. The fraction of sp³-hybridized carbons (Fsp3) is 0.727. The van der Waals surface area contributed by atoms with E-state index in [2.05, 4.69) is 45.9 Å². The zero-order valence-electron chi connectivity index (χ0n) is 16.2. The molecule has 2 heteroatoms. The van der Waals surface area contributed by atoms with Crippen molar-refractivity contribution in [1.29, 1.82) is 0 Å². The van der Waals surface area contributed by atoms with Gasteiger partial charge in [-0.25, -0.2) is 0 Å². The van der Waals surface area contributed by atoms with Crippen molar-refractivity contribution in [3.05, 3.63) is 34.9 Å². The predicted octanol–water partition coefficient (Wildman–Crippen LogP) is 5.09. The van der Waals surface area contributed by atoms with E-state index in [-0.39, 0.29) is 0 Å². The Morgan fingerprint density at radius 3 is 2.71 bits per heavy atom. The minimum atomic E-state index is 0.369. The van der Waals surface area contributed by atoms with Crippen LogP contribution in [0.15, 0.2) is 18.2 Å². The summed E-state index contributed by atoms with van der Waals surface area (Å²) in [5, 5.41) is 0. The van der Waals surface area contributed by atoms with Crippen molar-refractivity contribution in [3.63, 3.8) is 0 Å². The summed E-state index contributed by atoms with van der Waals surface area (Å²) < 4.78 is 5.96. The molecule has 0 saturated carbocycles. The molecule has 136 valence electrons. The zero-order chi connectivity index (χ0) is 17.6. The topological polar surface area (TPSA) is 35.2 Å². The van der Waals surface area contributed by atoms with Crippen LogP contribution >= 0.6 is 0 Å². The molecule has 0 saturated heterocycles. The lowest BCUT2D eigenvalue weighted by atomic mass is 9.82. The number of aryl methyl sites for hydroxylation is 1. The van der Waals surface area contributed by atoms with E-state index in [0.29, 0.717) is 17.3 Å². The van der Waals surface area contributed by atoms with Crippen molar-refractivity contribution in [3.8, 4) is 0 Å². The van der Waals surface area contributed by atoms with Crippen LogP contribution in [0, 0.1) is 11.3 Å². The number of hydrogen-bond acceptors (Lipinski definition) is 2. The van der Waals surface area contributed by atoms with Crippen molar-refractivity contribution in [1.82, 2.24) is 0 Å². The summed E-state index contributed by atoms with van der Waals surface area (Å²) in [4.78, 5) is 0.